The molecule has 24 heavy (non-hydrogen) atoms. The van der Waals surface area contributed by atoms with Gasteiger partial charge < -0.3 is 4.57 Å². The Morgan fingerprint density at radius 1 is 1.12 bits per heavy atom. The molecular formula is C17H16N4O2S. The molecule has 3 aromatic rings. The lowest BCUT2D eigenvalue weighted by Gasteiger charge is -2.07. The van der Waals surface area contributed by atoms with Crippen LogP contribution < -0.4 is 5.32 Å². The number of rotatable bonds is 4. The number of para-hydroxylation sites is 2. The number of carbonyl (C=O) groups is 2. The van der Waals surface area contributed by atoms with E-state index in [2.05, 4.69) is 15.3 Å². The van der Waals surface area contributed by atoms with Crippen LogP contribution in [0.1, 0.15) is 16.2 Å². The lowest BCUT2D eigenvalue weighted by Crippen LogP contribution is -2.33. The molecule has 0 aliphatic heterocycles. The van der Waals surface area contributed by atoms with Gasteiger partial charge in [0.05, 0.1) is 22.5 Å². The number of aromatic nitrogens is 3. The number of hydrogen-bond acceptors (Lipinski definition) is 5. The molecule has 0 aliphatic carbocycles. The first kappa shape index (κ1) is 16.2. The van der Waals surface area contributed by atoms with Crippen molar-refractivity contribution in [2.45, 2.75) is 11.9 Å². The minimum atomic E-state index is -0.408. The van der Waals surface area contributed by atoms with Gasteiger partial charge in [0.25, 0.3) is 5.91 Å². The van der Waals surface area contributed by atoms with Gasteiger partial charge in [-0.15, -0.1) is 0 Å². The first-order valence-corrected chi connectivity index (χ1v) is 8.35. The van der Waals surface area contributed by atoms with Crippen LogP contribution in [0.5, 0.6) is 0 Å². The maximum Gasteiger partial charge on any atom is 0.274 e. The fraction of sp³-hybridized carbons (Fsp3) is 0.176. The Labute approximate surface area is 143 Å². The number of carbonyl (C=O) groups excluding carboxylic acids is 2. The maximum absolute atomic E-state index is 12.0. The second-order valence-corrected chi connectivity index (χ2v) is 6.24. The Bertz CT molecular complexity index is 920. The summed E-state index contributed by atoms with van der Waals surface area (Å²) in [4.78, 5) is 33.0. The van der Waals surface area contributed by atoms with E-state index in [0.29, 0.717) is 10.7 Å². The smallest absolute Gasteiger partial charge is 0.274 e. The number of fused-ring (bicyclic) bond motifs is 1. The van der Waals surface area contributed by atoms with Crippen LogP contribution in [0.25, 0.3) is 11.0 Å². The Balaban J connectivity index is 1.65. The van der Waals surface area contributed by atoms with Crippen molar-refractivity contribution >= 4 is 34.6 Å². The van der Waals surface area contributed by atoms with Crippen molar-refractivity contribution in [1.29, 1.82) is 0 Å². The third-order valence-electron chi connectivity index (χ3n) is 3.47. The van der Waals surface area contributed by atoms with Crippen LogP contribution in [-0.2, 0) is 11.8 Å². The van der Waals surface area contributed by atoms with E-state index < -0.39 is 5.91 Å². The third kappa shape index (κ3) is 3.46. The van der Waals surface area contributed by atoms with E-state index in [1.54, 1.807) is 29.9 Å². The molecule has 2 amide bonds. The van der Waals surface area contributed by atoms with Crippen molar-refractivity contribution in [1.82, 2.24) is 19.9 Å². The Morgan fingerprint density at radius 2 is 1.83 bits per heavy atom. The van der Waals surface area contributed by atoms with E-state index >= 15 is 0 Å². The molecule has 7 heteroatoms. The summed E-state index contributed by atoms with van der Waals surface area (Å²) in [5.74, 6) is -0.667. The highest BCUT2D eigenvalue weighted by molar-refractivity contribution is 7.99. The largest absolute Gasteiger partial charge is 0.347 e. The predicted molar refractivity (Wildman–Crippen MR) is 92.9 cm³/mol. The van der Waals surface area contributed by atoms with Crippen LogP contribution >= 0.6 is 11.8 Å². The van der Waals surface area contributed by atoms with Crippen molar-refractivity contribution in [3.8, 4) is 0 Å². The summed E-state index contributed by atoms with van der Waals surface area (Å²) in [7, 11) is 1.75. The average Bonchev–Trinajstić information content (AvgIpc) is 2.99. The molecule has 0 aliphatic rings. The zero-order valence-electron chi connectivity index (χ0n) is 13.3. The van der Waals surface area contributed by atoms with Crippen molar-refractivity contribution in [2.75, 3.05) is 5.75 Å². The summed E-state index contributed by atoms with van der Waals surface area (Å²) in [6.45, 7) is 1.86. The Hall–Kier alpha value is -2.67. The highest BCUT2D eigenvalue weighted by Gasteiger charge is 2.14. The zero-order chi connectivity index (χ0) is 17.1. The van der Waals surface area contributed by atoms with Gasteiger partial charge in [-0.05, 0) is 31.2 Å². The number of nitrogens with zero attached hydrogens (tertiary/aromatic N) is 3. The molecule has 0 bridgehead atoms. The quantitative estimate of drug-likeness (QED) is 0.738. The Morgan fingerprint density at radius 3 is 2.50 bits per heavy atom. The first-order chi connectivity index (χ1) is 11.5. The number of nitrogens with one attached hydrogen (secondary N) is 1. The number of hydrogen-bond donors (Lipinski definition) is 1. The summed E-state index contributed by atoms with van der Waals surface area (Å²) in [6, 6.07) is 11.0. The number of benzene rings is 1. The molecule has 1 aromatic carbocycles. The monoisotopic (exact) mass is 340 g/mol. The molecule has 122 valence electrons. The van der Waals surface area contributed by atoms with Gasteiger partial charge in [0, 0.05) is 13.2 Å². The summed E-state index contributed by atoms with van der Waals surface area (Å²) in [6.07, 6.45) is 1.75. The van der Waals surface area contributed by atoms with Gasteiger partial charge >= 0.3 is 0 Å². The van der Waals surface area contributed by atoms with Crippen molar-refractivity contribution in [3.05, 3.63) is 54.0 Å². The molecule has 0 radical (unpaired) electrons. The van der Waals surface area contributed by atoms with Gasteiger partial charge in [-0.3, -0.25) is 14.9 Å². The average molecular weight is 340 g/mol. The van der Waals surface area contributed by atoms with E-state index in [1.807, 2.05) is 31.2 Å². The molecule has 0 unspecified atom stereocenters. The summed E-state index contributed by atoms with van der Waals surface area (Å²) < 4.78 is 1.66. The molecule has 0 saturated carbocycles. The van der Waals surface area contributed by atoms with Crippen LogP contribution in [-0.4, -0.2) is 32.1 Å². The SMILES string of the molecule is Cc1nc2ccccc2nc1SCC(=O)NC(=O)c1cccn1C. The van der Waals surface area contributed by atoms with E-state index in [4.69, 9.17) is 0 Å². The lowest BCUT2D eigenvalue weighted by molar-refractivity contribution is -0.117. The van der Waals surface area contributed by atoms with Gasteiger partial charge in [-0.2, -0.15) is 0 Å². The molecule has 2 aromatic heterocycles. The summed E-state index contributed by atoms with van der Waals surface area (Å²) in [5.41, 5.74) is 2.81. The fourth-order valence-electron chi connectivity index (χ4n) is 2.27. The number of thioether (sulfide) groups is 1. The second kappa shape index (κ2) is 6.84. The molecule has 0 spiro atoms. The summed E-state index contributed by atoms with van der Waals surface area (Å²) >= 11 is 1.27. The highest BCUT2D eigenvalue weighted by Crippen LogP contribution is 2.21. The molecule has 0 fully saturated rings. The van der Waals surface area contributed by atoms with Gasteiger partial charge in [-0.1, -0.05) is 23.9 Å². The first-order valence-electron chi connectivity index (χ1n) is 7.36. The highest BCUT2D eigenvalue weighted by atomic mass is 32.2. The van der Waals surface area contributed by atoms with Crippen LogP contribution in [0.2, 0.25) is 0 Å². The van der Waals surface area contributed by atoms with E-state index in [1.165, 1.54) is 11.8 Å². The minimum absolute atomic E-state index is 0.101. The van der Waals surface area contributed by atoms with Gasteiger partial charge in [0.2, 0.25) is 5.91 Å². The van der Waals surface area contributed by atoms with E-state index in [-0.39, 0.29) is 11.7 Å². The topological polar surface area (TPSA) is 76.9 Å². The van der Waals surface area contributed by atoms with Crippen LogP contribution in [0.4, 0.5) is 0 Å². The Kier molecular flexibility index (Phi) is 4.61. The number of aryl methyl sites for hydroxylation is 2. The van der Waals surface area contributed by atoms with E-state index in [0.717, 1.165) is 16.7 Å². The van der Waals surface area contributed by atoms with Crippen LogP contribution in [0.3, 0.4) is 0 Å². The van der Waals surface area contributed by atoms with E-state index in [9.17, 15) is 9.59 Å². The van der Waals surface area contributed by atoms with Gasteiger partial charge in [0.1, 0.15) is 10.7 Å². The minimum Gasteiger partial charge on any atom is -0.347 e. The molecular weight excluding hydrogens is 324 g/mol. The van der Waals surface area contributed by atoms with Gasteiger partial charge in [-0.25, -0.2) is 9.97 Å². The fourth-order valence-corrected chi connectivity index (χ4v) is 3.02. The molecule has 2 heterocycles. The van der Waals surface area contributed by atoms with Gasteiger partial charge in [0.15, 0.2) is 0 Å². The molecule has 6 nitrogen and oxygen atoms in total. The molecule has 1 N–H and O–H groups in total. The maximum atomic E-state index is 12.0. The zero-order valence-corrected chi connectivity index (χ0v) is 14.1. The predicted octanol–water partition coefficient (Wildman–Crippen LogP) is 2.33. The standard InChI is InChI=1S/C17H16N4O2S/c1-11-17(19-13-7-4-3-6-12(13)18-11)24-10-15(22)20-16(23)14-8-5-9-21(14)2/h3-9H,10H2,1-2H3,(H,20,22,23). The molecule has 3 rings (SSSR count). The lowest BCUT2D eigenvalue weighted by atomic mass is 10.3. The number of imide groups is 1. The second-order valence-electron chi connectivity index (χ2n) is 5.27. The van der Waals surface area contributed by atoms with Crippen LogP contribution in [0, 0.1) is 6.92 Å². The third-order valence-corrected chi connectivity index (χ3v) is 4.54. The van der Waals surface area contributed by atoms with Crippen molar-refractivity contribution in [3.63, 3.8) is 0 Å². The van der Waals surface area contributed by atoms with Crippen molar-refractivity contribution < 1.29 is 9.59 Å². The van der Waals surface area contributed by atoms with Crippen LogP contribution in [0.15, 0.2) is 47.6 Å². The molecule has 0 atom stereocenters. The normalized spacial score (nSPS) is 10.8. The molecule has 0 saturated heterocycles. The summed E-state index contributed by atoms with van der Waals surface area (Å²) in [5, 5.41) is 3.07. The number of amides is 2. The van der Waals surface area contributed by atoms with Crippen molar-refractivity contribution in [2.24, 2.45) is 7.05 Å².